The van der Waals surface area contributed by atoms with Gasteiger partial charge in [0, 0.05) is 4.47 Å². The Morgan fingerprint density at radius 2 is 2.33 bits per heavy atom. The molecule has 3 nitrogen and oxygen atoms in total. The molecule has 0 saturated carbocycles. The molecule has 1 aliphatic rings. The lowest BCUT2D eigenvalue weighted by Crippen LogP contribution is -2.28. The Kier molecular flexibility index (Phi) is 2.80. The molecule has 1 aromatic carbocycles. The summed E-state index contributed by atoms with van der Waals surface area (Å²) in [5.74, 6) is -0.930. The second kappa shape index (κ2) is 3.94. The molecule has 1 aliphatic heterocycles. The molecule has 4 heteroatoms. The van der Waals surface area contributed by atoms with Crippen molar-refractivity contribution in [3.05, 3.63) is 33.8 Å². The maximum atomic E-state index is 11.0. The third kappa shape index (κ3) is 1.92. The van der Waals surface area contributed by atoms with Crippen molar-refractivity contribution in [2.45, 2.75) is 25.6 Å². The van der Waals surface area contributed by atoms with E-state index in [0.717, 1.165) is 22.0 Å². The summed E-state index contributed by atoms with van der Waals surface area (Å²) in [7, 11) is 0. The predicted molar refractivity (Wildman–Crippen MR) is 58.8 cm³/mol. The van der Waals surface area contributed by atoms with E-state index in [1.54, 1.807) is 0 Å². The molecule has 1 heterocycles. The van der Waals surface area contributed by atoms with Gasteiger partial charge in [-0.25, -0.2) is 4.79 Å². The Morgan fingerprint density at radius 1 is 1.60 bits per heavy atom. The molecule has 1 N–H and O–H groups in total. The minimum absolute atomic E-state index is 0.0581. The maximum absolute atomic E-state index is 11.0. The summed E-state index contributed by atoms with van der Waals surface area (Å²) in [4.78, 5) is 11.0. The van der Waals surface area contributed by atoms with E-state index in [4.69, 9.17) is 9.84 Å². The highest BCUT2D eigenvalue weighted by Crippen LogP contribution is 2.34. The van der Waals surface area contributed by atoms with Crippen molar-refractivity contribution in [3.63, 3.8) is 0 Å². The molecular weight excluding hydrogens is 260 g/mol. The first kappa shape index (κ1) is 10.6. The number of carbonyl (C=O) groups is 1. The monoisotopic (exact) mass is 270 g/mol. The molecule has 0 aromatic heterocycles. The standard InChI is InChI=1S/C11H11BrO3/c1-6-5-8-7(3-2-4-9(8)12)10(15-6)11(13)14/h2-4,6,10H,5H2,1H3,(H,13,14). The van der Waals surface area contributed by atoms with Crippen LogP contribution in [0.5, 0.6) is 0 Å². The van der Waals surface area contributed by atoms with Crippen LogP contribution in [0.2, 0.25) is 0 Å². The van der Waals surface area contributed by atoms with E-state index in [-0.39, 0.29) is 6.10 Å². The van der Waals surface area contributed by atoms with Gasteiger partial charge in [-0.3, -0.25) is 0 Å². The Morgan fingerprint density at radius 3 is 3.00 bits per heavy atom. The van der Waals surface area contributed by atoms with Crippen molar-refractivity contribution in [2.75, 3.05) is 0 Å². The first-order valence-corrected chi connectivity index (χ1v) is 5.54. The van der Waals surface area contributed by atoms with Gasteiger partial charge >= 0.3 is 5.97 Å². The van der Waals surface area contributed by atoms with Crippen LogP contribution in [0.25, 0.3) is 0 Å². The van der Waals surface area contributed by atoms with E-state index in [1.165, 1.54) is 0 Å². The minimum atomic E-state index is -0.930. The Bertz CT molecular complexity index is 403. The van der Waals surface area contributed by atoms with Crippen molar-refractivity contribution in [1.82, 2.24) is 0 Å². The highest BCUT2D eigenvalue weighted by molar-refractivity contribution is 9.10. The third-order valence-electron chi connectivity index (χ3n) is 2.52. The van der Waals surface area contributed by atoms with E-state index < -0.39 is 12.1 Å². The Labute approximate surface area is 96.2 Å². The van der Waals surface area contributed by atoms with Crippen LogP contribution in [0.1, 0.15) is 24.2 Å². The lowest BCUT2D eigenvalue weighted by Gasteiger charge is -2.28. The quantitative estimate of drug-likeness (QED) is 0.853. The first-order chi connectivity index (χ1) is 7.09. The normalized spacial score (nSPS) is 24.7. The SMILES string of the molecule is CC1Cc2c(Br)cccc2C(C(=O)O)O1. The summed E-state index contributed by atoms with van der Waals surface area (Å²) in [6.07, 6.45) is -0.140. The fourth-order valence-electron chi connectivity index (χ4n) is 1.87. The topological polar surface area (TPSA) is 46.5 Å². The van der Waals surface area contributed by atoms with Gasteiger partial charge < -0.3 is 9.84 Å². The minimum Gasteiger partial charge on any atom is -0.479 e. The number of halogens is 1. The molecule has 2 atom stereocenters. The molecular formula is C11H11BrO3. The fraction of sp³-hybridized carbons (Fsp3) is 0.364. The smallest absolute Gasteiger partial charge is 0.337 e. The average molecular weight is 271 g/mol. The summed E-state index contributed by atoms with van der Waals surface area (Å²) < 4.78 is 6.37. The van der Waals surface area contributed by atoms with Gasteiger partial charge in [0.05, 0.1) is 6.10 Å². The van der Waals surface area contributed by atoms with Gasteiger partial charge in [0.25, 0.3) is 0 Å². The fourth-order valence-corrected chi connectivity index (χ4v) is 2.41. The van der Waals surface area contributed by atoms with Crippen LogP contribution in [0.4, 0.5) is 0 Å². The lowest BCUT2D eigenvalue weighted by atomic mass is 9.95. The van der Waals surface area contributed by atoms with Crippen LogP contribution >= 0.6 is 15.9 Å². The molecule has 0 aliphatic carbocycles. The first-order valence-electron chi connectivity index (χ1n) is 4.75. The van der Waals surface area contributed by atoms with E-state index >= 15 is 0 Å². The van der Waals surface area contributed by atoms with Gasteiger partial charge in [-0.05, 0) is 30.5 Å². The average Bonchev–Trinajstić information content (AvgIpc) is 2.18. The summed E-state index contributed by atoms with van der Waals surface area (Å²) in [5.41, 5.74) is 1.80. The molecule has 2 unspecified atom stereocenters. The summed E-state index contributed by atoms with van der Waals surface area (Å²) in [6.45, 7) is 1.89. The van der Waals surface area contributed by atoms with Crippen LogP contribution in [0, 0.1) is 0 Å². The molecule has 2 rings (SSSR count). The van der Waals surface area contributed by atoms with Crippen LogP contribution in [0.15, 0.2) is 22.7 Å². The number of fused-ring (bicyclic) bond motifs is 1. The Hall–Kier alpha value is -0.870. The predicted octanol–water partition coefficient (Wildman–Crippen LogP) is 2.54. The van der Waals surface area contributed by atoms with Gasteiger partial charge in [-0.1, -0.05) is 28.1 Å². The van der Waals surface area contributed by atoms with Crippen molar-refractivity contribution >= 4 is 21.9 Å². The van der Waals surface area contributed by atoms with E-state index in [9.17, 15) is 4.79 Å². The zero-order valence-corrected chi connectivity index (χ0v) is 9.82. The molecule has 0 spiro atoms. The molecule has 80 valence electrons. The zero-order chi connectivity index (χ0) is 11.0. The number of benzene rings is 1. The third-order valence-corrected chi connectivity index (χ3v) is 3.26. The van der Waals surface area contributed by atoms with E-state index in [0.29, 0.717) is 0 Å². The molecule has 0 amide bonds. The van der Waals surface area contributed by atoms with Crippen LogP contribution in [0.3, 0.4) is 0 Å². The van der Waals surface area contributed by atoms with Gasteiger partial charge in [0.1, 0.15) is 0 Å². The van der Waals surface area contributed by atoms with Gasteiger partial charge in [-0.2, -0.15) is 0 Å². The molecule has 0 radical (unpaired) electrons. The molecule has 0 saturated heterocycles. The molecule has 15 heavy (non-hydrogen) atoms. The lowest BCUT2D eigenvalue weighted by molar-refractivity contribution is -0.155. The van der Waals surface area contributed by atoms with Crippen molar-refractivity contribution in [2.24, 2.45) is 0 Å². The van der Waals surface area contributed by atoms with Gasteiger partial charge in [0.15, 0.2) is 6.10 Å². The highest BCUT2D eigenvalue weighted by atomic mass is 79.9. The second-order valence-corrected chi connectivity index (χ2v) is 4.53. The highest BCUT2D eigenvalue weighted by Gasteiger charge is 2.31. The Balaban J connectivity index is 2.51. The summed E-state index contributed by atoms with van der Waals surface area (Å²) in [6, 6.07) is 5.57. The van der Waals surface area contributed by atoms with Gasteiger partial charge in [-0.15, -0.1) is 0 Å². The second-order valence-electron chi connectivity index (χ2n) is 3.68. The van der Waals surface area contributed by atoms with Crippen LogP contribution < -0.4 is 0 Å². The summed E-state index contributed by atoms with van der Waals surface area (Å²) >= 11 is 3.44. The van der Waals surface area contributed by atoms with Crippen molar-refractivity contribution in [3.8, 4) is 0 Å². The van der Waals surface area contributed by atoms with Gasteiger partial charge in [0.2, 0.25) is 0 Å². The summed E-state index contributed by atoms with van der Waals surface area (Å²) in [5, 5.41) is 9.05. The number of ether oxygens (including phenoxy) is 1. The zero-order valence-electron chi connectivity index (χ0n) is 8.24. The number of aliphatic carboxylic acids is 1. The van der Waals surface area contributed by atoms with Crippen LogP contribution in [-0.4, -0.2) is 17.2 Å². The van der Waals surface area contributed by atoms with Crippen molar-refractivity contribution in [1.29, 1.82) is 0 Å². The number of hydrogen-bond acceptors (Lipinski definition) is 2. The number of carboxylic acid groups (broad SMARTS) is 1. The van der Waals surface area contributed by atoms with E-state index in [2.05, 4.69) is 15.9 Å². The number of rotatable bonds is 1. The molecule has 1 aromatic rings. The molecule has 0 bridgehead atoms. The van der Waals surface area contributed by atoms with E-state index in [1.807, 2.05) is 25.1 Å². The number of hydrogen-bond donors (Lipinski definition) is 1. The number of carboxylic acids is 1. The maximum Gasteiger partial charge on any atom is 0.337 e. The largest absolute Gasteiger partial charge is 0.479 e. The van der Waals surface area contributed by atoms with Crippen LogP contribution in [-0.2, 0) is 16.0 Å². The molecule has 0 fully saturated rings. The van der Waals surface area contributed by atoms with Crippen molar-refractivity contribution < 1.29 is 14.6 Å².